The summed E-state index contributed by atoms with van der Waals surface area (Å²) in [6, 6.07) is 0.855. The van der Waals surface area contributed by atoms with Gasteiger partial charge in [0.1, 0.15) is 0 Å². The summed E-state index contributed by atoms with van der Waals surface area (Å²) in [6.45, 7) is 5.07. The molecule has 0 aromatic carbocycles. The summed E-state index contributed by atoms with van der Waals surface area (Å²) in [5.74, 6) is 0. The first-order valence-electron chi connectivity index (χ1n) is 8.78. The highest BCUT2D eigenvalue weighted by atomic mass is 16.5. The molecule has 0 aromatic rings. The zero-order chi connectivity index (χ0) is 13.8. The lowest BCUT2D eigenvalue weighted by Crippen LogP contribution is -2.48. The van der Waals surface area contributed by atoms with Gasteiger partial charge in [-0.2, -0.15) is 0 Å². The van der Waals surface area contributed by atoms with Gasteiger partial charge in [-0.25, -0.2) is 0 Å². The van der Waals surface area contributed by atoms with Crippen molar-refractivity contribution in [2.75, 3.05) is 33.3 Å². The minimum atomic E-state index is 0.512. The number of methoxy groups -OCH3 is 1. The van der Waals surface area contributed by atoms with Crippen molar-refractivity contribution in [2.24, 2.45) is 5.41 Å². The predicted octanol–water partition coefficient (Wildman–Crippen LogP) is 2.80. The van der Waals surface area contributed by atoms with E-state index in [4.69, 9.17) is 4.74 Å². The quantitative estimate of drug-likeness (QED) is 0.810. The van der Waals surface area contributed by atoms with Gasteiger partial charge in [0.25, 0.3) is 0 Å². The van der Waals surface area contributed by atoms with Gasteiger partial charge in [0, 0.05) is 39.3 Å². The molecule has 3 aliphatic rings. The van der Waals surface area contributed by atoms with E-state index in [0.29, 0.717) is 11.5 Å². The molecule has 3 fully saturated rings. The summed E-state index contributed by atoms with van der Waals surface area (Å²) in [5.41, 5.74) is 0.570. The summed E-state index contributed by atoms with van der Waals surface area (Å²) >= 11 is 0. The van der Waals surface area contributed by atoms with Gasteiger partial charge in [0.2, 0.25) is 0 Å². The normalized spacial score (nSPS) is 28.6. The average Bonchev–Trinajstić information content (AvgIpc) is 3.31. The van der Waals surface area contributed by atoms with Gasteiger partial charge in [0.15, 0.2) is 0 Å². The average molecular weight is 280 g/mol. The molecule has 0 bridgehead atoms. The third-order valence-corrected chi connectivity index (χ3v) is 5.68. The summed E-state index contributed by atoms with van der Waals surface area (Å²) in [4.78, 5) is 2.72. The number of hydrogen-bond donors (Lipinski definition) is 1. The van der Waals surface area contributed by atoms with E-state index in [1.807, 2.05) is 7.11 Å². The zero-order valence-corrected chi connectivity index (χ0v) is 13.2. The molecule has 116 valence electrons. The Hall–Kier alpha value is -0.120. The third-order valence-electron chi connectivity index (χ3n) is 5.68. The van der Waals surface area contributed by atoms with E-state index in [9.17, 15) is 0 Å². The van der Waals surface area contributed by atoms with Gasteiger partial charge in [-0.05, 0) is 43.9 Å². The molecule has 1 N–H and O–H groups in total. The fraction of sp³-hybridized carbons (Fsp3) is 1.00. The van der Waals surface area contributed by atoms with Crippen LogP contribution in [0.5, 0.6) is 0 Å². The Morgan fingerprint density at radius 3 is 2.35 bits per heavy atom. The third kappa shape index (κ3) is 3.96. The minimum Gasteiger partial charge on any atom is -0.381 e. The number of rotatable bonds is 6. The van der Waals surface area contributed by atoms with Crippen LogP contribution in [-0.4, -0.2) is 50.3 Å². The van der Waals surface area contributed by atoms with Crippen LogP contribution in [-0.2, 0) is 4.74 Å². The van der Waals surface area contributed by atoms with Gasteiger partial charge < -0.3 is 15.0 Å². The molecule has 2 aliphatic carbocycles. The molecule has 0 amide bonds. The molecular weight excluding hydrogens is 248 g/mol. The second-order valence-electron chi connectivity index (χ2n) is 7.43. The number of likely N-dealkylation sites (tertiary alicyclic amines) is 1. The maximum absolute atomic E-state index is 5.50. The molecule has 20 heavy (non-hydrogen) atoms. The van der Waals surface area contributed by atoms with Gasteiger partial charge in [0.05, 0.1) is 6.10 Å². The molecule has 0 radical (unpaired) electrons. The Bertz CT molecular complexity index is 289. The molecule has 0 unspecified atom stereocenters. The number of hydrogen-bond acceptors (Lipinski definition) is 3. The minimum absolute atomic E-state index is 0.512. The highest BCUT2D eigenvalue weighted by molar-refractivity contribution is 4.92. The van der Waals surface area contributed by atoms with E-state index in [1.165, 1.54) is 84.0 Å². The molecule has 1 saturated heterocycles. The van der Waals surface area contributed by atoms with Crippen molar-refractivity contribution in [3.05, 3.63) is 0 Å². The Labute approximate surface area is 124 Å². The molecule has 1 heterocycles. The molecule has 0 aromatic heterocycles. The van der Waals surface area contributed by atoms with Crippen LogP contribution in [0.4, 0.5) is 0 Å². The van der Waals surface area contributed by atoms with Crippen LogP contribution in [0, 0.1) is 5.41 Å². The molecule has 3 heteroatoms. The molecule has 3 nitrogen and oxygen atoms in total. The highest BCUT2D eigenvalue weighted by Gasteiger charge is 2.36. The maximum atomic E-state index is 5.50. The Morgan fingerprint density at radius 1 is 1.05 bits per heavy atom. The molecule has 0 atom stereocenters. The van der Waals surface area contributed by atoms with Crippen molar-refractivity contribution in [2.45, 2.75) is 69.9 Å². The van der Waals surface area contributed by atoms with Crippen LogP contribution < -0.4 is 5.32 Å². The summed E-state index contributed by atoms with van der Waals surface area (Å²) < 4.78 is 5.50. The van der Waals surface area contributed by atoms with E-state index < -0.39 is 0 Å². The van der Waals surface area contributed by atoms with E-state index in [-0.39, 0.29) is 0 Å². The lowest BCUT2D eigenvalue weighted by Gasteiger charge is -2.43. The Morgan fingerprint density at radius 2 is 1.75 bits per heavy atom. The van der Waals surface area contributed by atoms with Crippen LogP contribution in [0.2, 0.25) is 0 Å². The van der Waals surface area contributed by atoms with Gasteiger partial charge in [-0.15, -0.1) is 0 Å². The van der Waals surface area contributed by atoms with E-state index in [2.05, 4.69) is 10.2 Å². The van der Waals surface area contributed by atoms with Gasteiger partial charge in [-0.3, -0.25) is 0 Å². The Kier molecular flexibility index (Phi) is 5.00. The second kappa shape index (κ2) is 6.76. The van der Waals surface area contributed by atoms with Gasteiger partial charge in [-0.1, -0.05) is 19.3 Å². The number of nitrogens with one attached hydrogen (secondary N) is 1. The standard InChI is InChI=1S/C17H32N2O/c1-20-16-7-11-19(12-8-16)14-17(9-3-2-4-10-17)13-18-15-5-6-15/h15-16,18H,2-14H2,1H3. The van der Waals surface area contributed by atoms with Crippen molar-refractivity contribution < 1.29 is 4.74 Å². The molecule has 0 spiro atoms. The number of ether oxygens (including phenoxy) is 1. The zero-order valence-electron chi connectivity index (χ0n) is 13.2. The van der Waals surface area contributed by atoms with Crippen molar-refractivity contribution in [3.8, 4) is 0 Å². The maximum Gasteiger partial charge on any atom is 0.0595 e. The van der Waals surface area contributed by atoms with Gasteiger partial charge >= 0.3 is 0 Å². The lowest BCUT2D eigenvalue weighted by atomic mass is 9.73. The van der Waals surface area contributed by atoms with Crippen LogP contribution in [0.25, 0.3) is 0 Å². The molecule has 3 rings (SSSR count). The first kappa shape index (κ1) is 14.8. The summed E-state index contributed by atoms with van der Waals surface area (Å²) in [6.07, 6.45) is 13.0. The summed E-state index contributed by atoms with van der Waals surface area (Å²) in [7, 11) is 1.86. The van der Waals surface area contributed by atoms with Crippen LogP contribution in [0.3, 0.4) is 0 Å². The van der Waals surface area contributed by atoms with Crippen molar-refractivity contribution in [3.63, 3.8) is 0 Å². The van der Waals surface area contributed by atoms with Crippen LogP contribution in [0.1, 0.15) is 57.8 Å². The SMILES string of the molecule is COC1CCN(CC2(CNC3CC3)CCCCC2)CC1. The lowest BCUT2D eigenvalue weighted by molar-refractivity contribution is 0.0186. The van der Waals surface area contributed by atoms with Crippen molar-refractivity contribution >= 4 is 0 Å². The smallest absolute Gasteiger partial charge is 0.0595 e. The predicted molar refractivity (Wildman–Crippen MR) is 83.0 cm³/mol. The largest absolute Gasteiger partial charge is 0.381 e. The van der Waals surface area contributed by atoms with Crippen molar-refractivity contribution in [1.29, 1.82) is 0 Å². The second-order valence-corrected chi connectivity index (χ2v) is 7.43. The number of piperidine rings is 1. The molecular formula is C17H32N2O. The fourth-order valence-electron chi connectivity index (χ4n) is 4.12. The molecule has 2 saturated carbocycles. The fourth-order valence-corrected chi connectivity index (χ4v) is 4.12. The van der Waals surface area contributed by atoms with E-state index in [1.54, 1.807) is 0 Å². The molecule has 1 aliphatic heterocycles. The first-order chi connectivity index (χ1) is 9.80. The highest BCUT2D eigenvalue weighted by Crippen LogP contribution is 2.38. The van der Waals surface area contributed by atoms with Crippen LogP contribution in [0.15, 0.2) is 0 Å². The Balaban J connectivity index is 1.52. The first-order valence-corrected chi connectivity index (χ1v) is 8.78. The topological polar surface area (TPSA) is 24.5 Å². The number of nitrogens with zero attached hydrogens (tertiary/aromatic N) is 1. The monoisotopic (exact) mass is 280 g/mol. The van der Waals surface area contributed by atoms with E-state index in [0.717, 1.165) is 6.04 Å². The van der Waals surface area contributed by atoms with E-state index >= 15 is 0 Å². The van der Waals surface area contributed by atoms with Crippen molar-refractivity contribution in [1.82, 2.24) is 10.2 Å². The summed E-state index contributed by atoms with van der Waals surface area (Å²) in [5, 5.41) is 3.83. The van der Waals surface area contributed by atoms with Crippen LogP contribution >= 0.6 is 0 Å².